The standard InChI is InChI=1S/C15H18N2O.C2H6/c1-10(2)13-9-16-17(4)14(13)15(18)12-7-5-11(3)6-8-12;1-2/h5-9,15,18H,1H2,2-4H3;1-2H3. The van der Waals surface area contributed by atoms with Crippen LogP contribution in [0.15, 0.2) is 37.0 Å². The molecule has 20 heavy (non-hydrogen) atoms. The Morgan fingerprint density at radius 3 is 2.30 bits per heavy atom. The lowest BCUT2D eigenvalue weighted by atomic mass is 10.00. The van der Waals surface area contributed by atoms with Gasteiger partial charge in [-0.2, -0.15) is 5.10 Å². The van der Waals surface area contributed by atoms with Gasteiger partial charge in [-0.05, 0) is 25.0 Å². The summed E-state index contributed by atoms with van der Waals surface area (Å²) in [7, 11) is 1.83. The van der Waals surface area contributed by atoms with Crippen molar-refractivity contribution in [1.29, 1.82) is 0 Å². The van der Waals surface area contributed by atoms with Gasteiger partial charge in [0.15, 0.2) is 0 Å². The summed E-state index contributed by atoms with van der Waals surface area (Å²) in [5, 5.41) is 14.7. The maximum atomic E-state index is 10.5. The van der Waals surface area contributed by atoms with Crippen LogP contribution in [0.25, 0.3) is 5.57 Å². The average Bonchev–Trinajstić information content (AvgIpc) is 2.83. The first-order valence-electron chi connectivity index (χ1n) is 6.93. The first kappa shape index (κ1) is 16.2. The Hall–Kier alpha value is -1.87. The summed E-state index contributed by atoms with van der Waals surface area (Å²) in [4.78, 5) is 0. The van der Waals surface area contributed by atoms with Gasteiger partial charge in [-0.15, -0.1) is 0 Å². The SMILES string of the molecule is C=C(C)c1cnn(C)c1C(O)c1ccc(C)cc1.CC. The van der Waals surface area contributed by atoms with E-state index in [1.54, 1.807) is 10.9 Å². The molecule has 2 rings (SSSR count). The molecule has 3 heteroatoms. The molecule has 108 valence electrons. The maximum Gasteiger partial charge on any atom is 0.121 e. The molecule has 0 radical (unpaired) electrons. The molecule has 0 aliphatic carbocycles. The molecule has 0 aliphatic rings. The van der Waals surface area contributed by atoms with Crippen LogP contribution in [0.4, 0.5) is 0 Å². The number of aliphatic hydroxyl groups excluding tert-OH is 1. The second-order valence-electron chi connectivity index (χ2n) is 4.66. The van der Waals surface area contributed by atoms with Gasteiger partial charge in [0.2, 0.25) is 0 Å². The number of allylic oxidation sites excluding steroid dienone is 1. The normalized spacial score (nSPS) is 11.5. The minimum atomic E-state index is -0.676. The van der Waals surface area contributed by atoms with Crippen molar-refractivity contribution >= 4 is 5.57 Å². The van der Waals surface area contributed by atoms with Crippen molar-refractivity contribution in [2.45, 2.75) is 33.8 Å². The van der Waals surface area contributed by atoms with E-state index in [4.69, 9.17) is 0 Å². The first-order chi connectivity index (χ1) is 9.50. The second-order valence-corrected chi connectivity index (χ2v) is 4.66. The van der Waals surface area contributed by atoms with E-state index in [1.165, 1.54) is 5.56 Å². The highest BCUT2D eigenvalue weighted by atomic mass is 16.3. The summed E-state index contributed by atoms with van der Waals surface area (Å²) in [5.41, 5.74) is 4.64. The number of aromatic nitrogens is 2. The zero-order valence-electron chi connectivity index (χ0n) is 13.0. The number of hydrogen-bond donors (Lipinski definition) is 1. The van der Waals surface area contributed by atoms with Gasteiger partial charge in [0.1, 0.15) is 6.10 Å². The molecule has 0 fully saturated rings. The van der Waals surface area contributed by atoms with Crippen molar-refractivity contribution < 1.29 is 5.11 Å². The lowest BCUT2D eigenvalue weighted by Crippen LogP contribution is -2.08. The van der Waals surface area contributed by atoms with E-state index in [0.29, 0.717) is 0 Å². The third kappa shape index (κ3) is 3.36. The molecule has 1 N–H and O–H groups in total. The van der Waals surface area contributed by atoms with E-state index in [1.807, 2.05) is 59.0 Å². The fourth-order valence-electron chi connectivity index (χ4n) is 2.01. The Balaban J connectivity index is 0.000000956. The van der Waals surface area contributed by atoms with Crippen molar-refractivity contribution in [2.75, 3.05) is 0 Å². The number of hydrogen-bond acceptors (Lipinski definition) is 2. The fourth-order valence-corrected chi connectivity index (χ4v) is 2.01. The van der Waals surface area contributed by atoms with E-state index >= 15 is 0 Å². The van der Waals surface area contributed by atoms with E-state index in [2.05, 4.69) is 11.7 Å². The summed E-state index contributed by atoms with van der Waals surface area (Å²) in [6.07, 6.45) is 1.07. The molecular weight excluding hydrogens is 248 g/mol. The van der Waals surface area contributed by atoms with Gasteiger partial charge in [0.05, 0.1) is 11.9 Å². The van der Waals surface area contributed by atoms with Crippen molar-refractivity contribution in [3.8, 4) is 0 Å². The zero-order valence-corrected chi connectivity index (χ0v) is 13.0. The molecule has 3 nitrogen and oxygen atoms in total. The Bertz CT molecular complexity index is 567. The summed E-state index contributed by atoms with van der Waals surface area (Å²) in [6, 6.07) is 7.87. The van der Waals surface area contributed by atoms with Crippen molar-refractivity contribution in [3.05, 3.63) is 59.4 Å². The third-order valence-corrected chi connectivity index (χ3v) is 3.10. The summed E-state index contributed by atoms with van der Waals surface area (Å²) >= 11 is 0. The number of nitrogens with zero attached hydrogens (tertiary/aromatic N) is 2. The molecule has 1 aromatic heterocycles. The van der Waals surface area contributed by atoms with Crippen molar-refractivity contribution in [3.63, 3.8) is 0 Å². The minimum Gasteiger partial charge on any atom is -0.382 e. The second kappa shape index (κ2) is 7.06. The summed E-state index contributed by atoms with van der Waals surface area (Å²) < 4.78 is 1.70. The highest BCUT2D eigenvalue weighted by molar-refractivity contribution is 5.63. The van der Waals surface area contributed by atoms with E-state index in [9.17, 15) is 5.11 Å². The van der Waals surface area contributed by atoms with Crippen LogP contribution in [-0.2, 0) is 7.05 Å². The molecule has 0 aliphatic heterocycles. The van der Waals surface area contributed by atoms with Crippen LogP contribution in [0, 0.1) is 6.92 Å². The van der Waals surface area contributed by atoms with Crippen LogP contribution in [-0.4, -0.2) is 14.9 Å². The fraction of sp³-hybridized carbons (Fsp3) is 0.353. The molecule has 0 saturated carbocycles. The monoisotopic (exact) mass is 272 g/mol. The number of rotatable bonds is 3. The smallest absolute Gasteiger partial charge is 0.121 e. The lowest BCUT2D eigenvalue weighted by molar-refractivity contribution is 0.209. The van der Waals surface area contributed by atoms with E-state index < -0.39 is 6.10 Å². The number of aliphatic hydroxyl groups is 1. The summed E-state index contributed by atoms with van der Waals surface area (Å²) in [6.45, 7) is 11.9. The molecular formula is C17H24N2O. The lowest BCUT2D eigenvalue weighted by Gasteiger charge is -2.14. The van der Waals surface area contributed by atoms with Gasteiger partial charge in [-0.3, -0.25) is 4.68 Å². The first-order valence-corrected chi connectivity index (χ1v) is 6.93. The van der Waals surface area contributed by atoms with Crippen LogP contribution in [0.3, 0.4) is 0 Å². The molecule has 1 unspecified atom stereocenters. The largest absolute Gasteiger partial charge is 0.382 e. The van der Waals surface area contributed by atoms with Gasteiger partial charge in [0.25, 0.3) is 0 Å². The number of aryl methyl sites for hydroxylation is 2. The topological polar surface area (TPSA) is 38.0 Å². The summed E-state index contributed by atoms with van der Waals surface area (Å²) in [5.74, 6) is 0. The Labute approximate surface area is 121 Å². The molecule has 2 aromatic rings. The van der Waals surface area contributed by atoms with Gasteiger partial charge in [-0.25, -0.2) is 0 Å². The van der Waals surface area contributed by atoms with Crippen molar-refractivity contribution in [1.82, 2.24) is 9.78 Å². The van der Waals surface area contributed by atoms with Crippen LogP contribution >= 0.6 is 0 Å². The van der Waals surface area contributed by atoms with E-state index in [-0.39, 0.29) is 0 Å². The predicted octanol–water partition coefficient (Wildman–Crippen LogP) is 3.87. The molecule has 0 amide bonds. The number of benzene rings is 1. The molecule has 0 spiro atoms. The highest BCUT2D eigenvalue weighted by Crippen LogP contribution is 2.28. The van der Waals surface area contributed by atoms with Crippen LogP contribution < -0.4 is 0 Å². The van der Waals surface area contributed by atoms with Crippen molar-refractivity contribution in [2.24, 2.45) is 7.05 Å². The predicted molar refractivity (Wildman–Crippen MR) is 84.5 cm³/mol. The van der Waals surface area contributed by atoms with Gasteiger partial charge in [-0.1, -0.05) is 50.3 Å². The van der Waals surface area contributed by atoms with E-state index in [0.717, 1.165) is 22.4 Å². The maximum absolute atomic E-state index is 10.5. The molecule has 0 saturated heterocycles. The third-order valence-electron chi connectivity index (χ3n) is 3.10. The van der Waals surface area contributed by atoms with Crippen LogP contribution in [0.2, 0.25) is 0 Å². The van der Waals surface area contributed by atoms with Gasteiger partial charge in [0, 0.05) is 12.6 Å². The molecule has 1 aromatic carbocycles. The van der Waals surface area contributed by atoms with Gasteiger partial charge < -0.3 is 5.11 Å². The zero-order chi connectivity index (χ0) is 15.3. The quantitative estimate of drug-likeness (QED) is 0.921. The molecule has 1 atom stereocenters. The minimum absolute atomic E-state index is 0.676. The Morgan fingerprint density at radius 1 is 1.25 bits per heavy atom. The average molecular weight is 272 g/mol. The highest BCUT2D eigenvalue weighted by Gasteiger charge is 2.19. The molecule has 0 bridgehead atoms. The van der Waals surface area contributed by atoms with Crippen LogP contribution in [0.1, 0.15) is 49.3 Å². The Kier molecular flexibility index (Phi) is 5.71. The van der Waals surface area contributed by atoms with Gasteiger partial charge >= 0.3 is 0 Å². The molecule has 1 heterocycles. The van der Waals surface area contributed by atoms with Crippen LogP contribution in [0.5, 0.6) is 0 Å². The Morgan fingerprint density at radius 2 is 1.80 bits per heavy atom.